The average Bonchev–Trinajstić information content (AvgIpc) is 2.98. The van der Waals surface area contributed by atoms with Crippen molar-refractivity contribution >= 4 is 16.9 Å². The van der Waals surface area contributed by atoms with Crippen LogP contribution in [-0.4, -0.2) is 25.3 Å². The van der Waals surface area contributed by atoms with Gasteiger partial charge in [-0.2, -0.15) is 5.10 Å². The van der Waals surface area contributed by atoms with E-state index in [-0.39, 0.29) is 0 Å². The quantitative estimate of drug-likeness (QED) is 0.477. The zero-order valence-electron chi connectivity index (χ0n) is 12.1. The standard InChI is InChI=1S/C18H11N5/c1-2-4-15-13(3-1)17-18-14(7-10-23(18)21-11-20-17)16(22-15)12-5-8-19-9-6-12/h1-11H. The average molecular weight is 297 g/mol. The number of pyridine rings is 1. The van der Waals surface area contributed by atoms with Crippen LogP contribution in [0, 0.1) is 0 Å². The van der Waals surface area contributed by atoms with Crippen molar-refractivity contribution in [3.63, 3.8) is 0 Å². The monoisotopic (exact) mass is 297 g/mol. The van der Waals surface area contributed by atoms with Crippen LogP contribution in [0.1, 0.15) is 11.1 Å². The molecule has 5 heteroatoms. The molecule has 0 atom stereocenters. The van der Waals surface area contributed by atoms with Gasteiger partial charge in [0.2, 0.25) is 0 Å². The van der Waals surface area contributed by atoms with Gasteiger partial charge in [-0.05, 0) is 24.3 Å². The molecule has 0 bridgehead atoms. The van der Waals surface area contributed by atoms with E-state index in [1.54, 1.807) is 18.7 Å². The maximum atomic E-state index is 4.93. The fourth-order valence-corrected chi connectivity index (χ4v) is 3.02. The molecule has 0 amide bonds. The van der Waals surface area contributed by atoms with Gasteiger partial charge in [0.25, 0.3) is 0 Å². The lowest BCUT2D eigenvalue weighted by atomic mass is 10.0. The van der Waals surface area contributed by atoms with E-state index < -0.39 is 0 Å². The number of hydrogen-bond acceptors (Lipinski definition) is 4. The van der Waals surface area contributed by atoms with Crippen LogP contribution in [0.25, 0.3) is 16.8 Å². The summed E-state index contributed by atoms with van der Waals surface area (Å²) < 4.78 is 1.86. The molecule has 1 aliphatic heterocycles. The zero-order valence-corrected chi connectivity index (χ0v) is 12.1. The third kappa shape index (κ3) is 1.73. The first-order valence-electron chi connectivity index (χ1n) is 7.33. The molecule has 5 rings (SSSR count). The fraction of sp³-hybridized carbons (Fsp3) is 0. The SMILES string of the molecule is c1ccc2c(c1)N=C(c1ccncc1)c1ccn3ncnc-2c13. The number of para-hydroxylation sites is 1. The highest BCUT2D eigenvalue weighted by Gasteiger charge is 2.22. The summed E-state index contributed by atoms with van der Waals surface area (Å²) in [5.41, 5.74) is 6.79. The lowest BCUT2D eigenvalue weighted by molar-refractivity contribution is 0.906. The van der Waals surface area contributed by atoms with Gasteiger partial charge >= 0.3 is 0 Å². The van der Waals surface area contributed by atoms with Crippen molar-refractivity contribution in [2.45, 2.75) is 0 Å². The lowest BCUT2D eigenvalue weighted by Gasteiger charge is -2.04. The molecule has 0 unspecified atom stereocenters. The molecule has 3 aromatic heterocycles. The number of rotatable bonds is 1. The third-order valence-electron chi connectivity index (χ3n) is 4.05. The third-order valence-corrected chi connectivity index (χ3v) is 4.05. The Kier molecular flexibility index (Phi) is 2.43. The number of benzene rings is 1. The van der Waals surface area contributed by atoms with Crippen LogP contribution >= 0.6 is 0 Å². The predicted molar refractivity (Wildman–Crippen MR) is 88.0 cm³/mol. The van der Waals surface area contributed by atoms with Gasteiger partial charge in [-0.3, -0.25) is 4.98 Å². The van der Waals surface area contributed by atoms with Crippen LogP contribution in [0.3, 0.4) is 0 Å². The van der Waals surface area contributed by atoms with Crippen molar-refractivity contribution < 1.29 is 0 Å². The molecule has 23 heavy (non-hydrogen) atoms. The number of hydrogen-bond donors (Lipinski definition) is 0. The Morgan fingerprint density at radius 3 is 2.65 bits per heavy atom. The summed E-state index contributed by atoms with van der Waals surface area (Å²) in [5.74, 6) is 0. The molecule has 4 aromatic rings. The second kappa shape index (κ2) is 4.58. The summed E-state index contributed by atoms with van der Waals surface area (Å²) >= 11 is 0. The van der Waals surface area contributed by atoms with E-state index >= 15 is 0 Å². The van der Waals surface area contributed by atoms with Crippen molar-refractivity contribution in [3.05, 3.63) is 78.5 Å². The normalized spacial score (nSPS) is 12.6. The van der Waals surface area contributed by atoms with E-state index in [9.17, 15) is 0 Å². The molecule has 108 valence electrons. The van der Waals surface area contributed by atoms with Crippen LogP contribution in [0.2, 0.25) is 0 Å². The second-order valence-electron chi connectivity index (χ2n) is 5.34. The Hall–Kier alpha value is -3.34. The minimum absolute atomic E-state index is 0.906. The van der Waals surface area contributed by atoms with Gasteiger partial charge in [-0.1, -0.05) is 18.2 Å². The van der Waals surface area contributed by atoms with Crippen molar-refractivity contribution in [2.24, 2.45) is 4.99 Å². The lowest BCUT2D eigenvalue weighted by Crippen LogP contribution is -2.03. The van der Waals surface area contributed by atoms with Crippen molar-refractivity contribution in [1.82, 2.24) is 19.6 Å². The van der Waals surface area contributed by atoms with Crippen molar-refractivity contribution in [3.8, 4) is 11.3 Å². The molecule has 4 heterocycles. The summed E-state index contributed by atoms with van der Waals surface area (Å²) in [6.07, 6.45) is 7.09. The summed E-state index contributed by atoms with van der Waals surface area (Å²) in [6, 6.07) is 14.0. The van der Waals surface area contributed by atoms with Crippen LogP contribution in [0.5, 0.6) is 0 Å². The van der Waals surface area contributed by atoms with Gasteiger partial charge in [-0.15, -0.1) is 0 Å². The highest BCUT2D eigenvalue weighted by Crippen LogP contribution is 2.37. The number of fused-ring (bicyclic) bond motifs is 2. The van der Waals surface area contributed by atoms with E-state index in [2.05, 4.69) is 15.1 Å². The first kappa shape index (κ1) is 12.2. The maximum Gasteiger partial charge on any atom is 0.137 e. The first-order valence-corrected chi connectivity index (χ1v) is 7.33. The van der Waals surface area contributed by atoms with E-state index in [0.717, 1.165) is 39.3 Å². The molecule has 5 nitrogen and oxygen atoms in total. The molecule has 1 aliphatic rings. The van der Waals surface area contributed by atoms with E-state index in [1.165, 1.54) is 0 Å². The highest BCUT2D eigenvalue weighted by molar-refractivity contribution is 6.20. The molecular formula is C18H11N5. The largest absolute Gasteiger partial charge is 0.265 e. The van der Waals surface area contributed by atoms with Gasteiger partial charge in [0.1, 0.15) is 17.5 Å². The Bertz CT molecular complexity index is 1060. The molecular weight excluding hydrogens is 286 g/mol. The zero-order chi connectivity index (χ0) is 15.2. The van der Waals surface area contributed by atoms with Gasteiger partial charge in [-0.25, -0.2) is 14.5 Å². The predicted octanol–water partition coefficient (Wildman–Crippen LogP) is 3.27. The molecule has 0 saturated heterocycles. The highest BCUT2D eigenvalue weighted by atomic mass is 15.2. The van der Waals surface area contributed by atoms with Crippen molar-refractivity contribution in [2.75, 3.05) is 0 Å². The maximum absolute atomic E-state index is 4.93. The Morgan fingerprint density at radius 2 is 1.74 bits per heavy atom. The molecule has 0 radical (unpaired) electrons. The Morgan fingerprint density at radius 1 is 0.870 bits per heavy atom. The number of aromatic nitrogens is 4. The molecule has 0 spiro atoms. The van der Waals surface area contributed by atoms with Crippen LogP contribution < -0.4 is 0 Å². The van der Waals surface area contributed by atoms with E-state index in [0.29, 0.717) is 0 Å². The molecule has 0 saturated carbocycles. The van der Waals surface area contributed by atoms with Crippen molar-refractivity contribution in [1.29, 1.82) is 0 Å². The first-order chi connectivity index (χ1) is 11.4. The molecule has 0 N–H and O–H groups in total. The van der Waals surface area contributed by atoms with Gasteiger partial charge < -0.3 is 0 Å². The smallest absolute Gasteiger partial charge is 0.137 e. The summed E-state index contributed by atoms with van der Waals surface area (Å²) in [7, 11) is 0. The van der Waals surface area contributed by atoms with Gasteiger partial charge in [0.05, 0.1) is 11.4 Å². The molecule has 0 aliphatic carbocycles. The fourth-order valence-electron chi connectivity index (χ4n) is 3.02. The van der Waals surface area contributed by atoms with Gasteiger partial charge in [0.15, 0.2) is 0 Å². The number of nitrogens with zero attached hydrogens (tertiary/aromatic N) is 5. The summed E-state index contributed by atoms with van der Waals surface area (Å²) in [4.78, 5) is 13.6. The minimum Gasteiger partial charge on any atom is -0.265 e. The van der Waals surface area contributed by atoms with E-state index in [1.807, 2.05) is 53.2 Å². The summed E-state index contributed by atoms with van der Waals surface area (Å²) in [6.45, 7) is 0. The van der Waals surface area contributed by atoms with Crippen LogP contribution in [-0.2, 0) is 0 Å². The Balaban J connectivity index is 1.95. The van der Waals surface area contributed by atoms with E-state index in [4.69, 9.17) is 4.99 Å². The summed E-state index contributed by atoms with van der Waals surface area (Å²) in [5, 5.41) is 4.33. The second-order valence-corrected chi connectivity index (χ2v) is 5.34. The van der Waals surface area contributed by atoms with Gasteiger partial charge in [0, 0.05) is 35.3 Å². The Labute approximate surface area is 132 Å². The molecule has 0 fully saturated rings. The van der Waals surface area contributed by atoms with Crippen LogP contribution in [0.15, 0.2) is 72.4 Å². The minimum atomic E-state index is 0.906. The molecule has 1 aromatic carbocycles. The van der Waals surface area contributed by atoms with Crippen LogP contribution in [0.4, 0.5) is 5.69 Å². The number of aliphatic imine (C=N–C) groups is 1. The topological polar surface area (TPSA) is 55.4 Å².